The second kappa shape index (κ2) is 6.39. The molecule has 0 heterocycles. The van der Waals surface area contributed by atoms with Gasteiger partial charge in [0.15, 0.2) is 0 Å². The van der Waals surface area contributed by atoms with Crippen molar-refractivity contribution in [3.05, 3.63) is 58.9 Å². The van der Waals surface area contributed by atoms with Crippen molar-refractivity contribution in [2.45, 2.75) is 20.8 Å². The summed E-state index contributed by atoms with van der Waals surface area (Å²) in [5.41, 5.74) is 3.49. The van der Waals surface area contributed by atoms with Crippen LogP contribution in [0.15, 0.2) is 36.4 Å². The van der Waals surface area contributed by atoms with Crippen molar-refractivity contribution in [2.75, 3.05) is 17.2 Å². The van der Waals surface area contributed by atoms with Gasteiger partial charge in [-0.3, -0.25) is 4.79 Å². The summed E-state index contributed by atoms with van der Waals surface area (Å²) in [4.78, 5) is 12.2. The minimum absolute atomic E-state index is 0.241. The van der Waals surface area contributed by atoms with Gasteiger partial charge in [0.25, 0.3) is 5.91 Å². The number of carbonyl (C=O) groups excluding carboxylic acids is 1. The number of halogens is 1. The number of hydrogen-bond acceptors (Lipinski definition) is 2. The maximum atomic E-state index is 13.5. The summed E-state index contributed by atoms with van der Waals surface area (Å²) in [6.07, 6.45) is 0. The Kier molecular flexibility index (Phi) is 4.58. The molecular weight excluding hydrogens is 267 g/mol. The van der Waals surface area contributed by atoms with Gasteiger partial charge in [0, 0.05) is 29.0 Å². The molecule has 110 valence electrons. The van der Waals surface area contributed by atoms with Gasteiger partial charge in [0.2, 0.25) is 0 Å². The van der Waals surface area contributed by atoms with Crippen molar-refractivity contribution in [2.24, 2.45) is 0 Å². The van der Waals surface area contributed by atoms with E-state index < -0.39 is 0 Å². The molecule has 2 aromatic carbocycles. The van der Waals surface area contributed by atoms with Gasteiger partial charge in [0.1, 0.15) is 5.82 Å². The van der Waals surface area contributed by atoms with Gasteiger partial charge in [-0.2, -0.15) is 0 Å². The lowest BCUT2D eigenvalue weighted by Gasteiger charge is -2.11. The topological polar surface area (TPSA) is 41.1 Å². The number of hydrogen-bond donors (Lipinski definition) is 2. The molecule has 0 aromatic heterocycles. The van der Waals surface area contributed by atoms with Crippen LogP contribution in [0.3, 0.4) is 0 Å². The second-order valence-corrected chi connectivity index (χ2v) is 4.93. The van der Waals surface area contributed by atoms with Gasteiger partial charge in [0.05, 0.1) is 0 Å². The third-order valence-corrected chi connectivity index (χ3v) is 3.37. The van der Waals surface area contributed by atoms with Gasteiger partial charge in [-0.25, -0.2) is 4.39 Å². The van der Waals surface area contributed by atoms with Crippen LogP contribution in [0.25, 0.3) is 0 Å². The molecule has 0 fully saturated rings. The second-order valence-electron chi connectivity index (χ2n) is 4.93. The Morgan fingerprint density at radius 2 is 1.90 bits per heavy atom. The fourth-order valence-corrected chi connectivity index (χ4v) is 2.13. The molecule has 2 aromatic rings. The molecule has 0 aliphatic rings. The van der Waals surface area contributed by atoms with E-state index in [-0.39, 0.29) is 11.7 Å². The summed E-state index contributed by atoms with van der Waals surface area (Å²) >= 11 is 0. The van der Waals surface area contributed by atoms with Crippen molar-refractivity contribution in [3.8, 4) is 0 Å². The molecule has 4 heteroatoms. The van der Waals surface area contributed by atoms with Gasteiger partial charge < -0.3 is 10.6 Å². The van der Waals surface area contributed by atoms with Crippen LogP contribution in [0.1, 0.15) is 28.4 Å². The molecule has 1 amide bonds. The molecule has 0 aliphatic heterocycles. The number of benzene rings is 2. The molecule has 0 aliphatic carbocycles. The molecule has 0 spiro atoms. The van der Waals surface area contributed by atoms with Crippen LogP contribution in [0.2, 0.25) is 0 Å². The van der Waals surface area contributed by atoms with Crippen LogP contribution in [0.4, 0.5) is 15.8 Å². The Bertz CT molecular complexity index is 668. The van der Waals surface area contributed by atoms with Crippen LogP contribution in [-0.4, -0.2) is 12.5 Å². The number of rotatable bonds is 4. The highest BCUT2D eigenvalue weighted by Crippen LogP contribution is 2.20. The van der Waals surface area contributed by atoms with E-state index in [4.69, 9.17) is 0 Å². The lowest BCUT2D eigenvalue weighted by molar-refractivity contribution is 0.102. The SMILES string of the molecule is CCNc1ccc(C(=O)Nc2cccc(F)c2C)cc1C. The smallest absolute Gasteiger partial charge is 0.255 e. The minimum Gasteiger partial charge on any atom is -0.385 e. The molecule has 3 nitrogen and oxygen atoms in total. The summed E-state index contributed by atoms with van der Waals surface area (Å²) in [7, 11) is 0. The molecule has 2 rings (SSSR count). The Balaban J connectivity index is 2.21. The molecule has 0 radical (unpaired) electrons. The maximum absolute atomic E-state index is 13.5. The summed E-state index contributed by atoms with van der Waals surface area (Å²) in [6.45, 7) is 6.44. The summed E-state index contributed by atoms with van der Waals surface area (Å²) in [5.74, 6) is -0.568. The van der Waals surface area contributed by atoms with Crippen LogP contribution < -0.4 is 10.6 Å². The normalized spacial score (nSPS) is 10.3. The van der Waals surface area contributed by atoms with Crippen molar-refractivity contribution in [1.29, 1.82) is 0 Å². The van der Waals surface area contributed by atoms with Gasteiger partial charge >= 0.3 is 0 Å². The van der Waals surface area contributed by atoms with Crippen molar-refractivity contribution >= 4 is 17.3 Å². The number of amides is 1. The first kappa shape index (κ1) is 15.0. The highest BCUT2D eigenvalue weighted by molar-refractivity contribution is 6.05. The number of nitrogens with one attached hydrogen (secondary N) is 2. The van der Waals surface area contributed by atoms with Crippen LogP contribution >= 0.6 is 0 Å². The molecule has 0 saturated heterocycles. The van der Waals surface area contributed by atoms with E-state index in [1.54, 1.807) is 25.1 Å². The molecule has 0 bridgehead atoms. The predicted molar refractivity (Wildman–Crippen MR) is 84.4 cm³/mol. The zero-order valence-electron chi connectivity index (χ0n) is 12.5. The van der Waals surface area contributed by atoms with E-state index in [1.165, 1.54) is 6.07 Å². The van der Waals surface area contributed by atoms with E-state index in [9.17, 15) is 9.18 Å². The van der Waals surface area contributed by atoms with Crippen molar-refractivity contribution < 1.29 is 9.18 Å². The zero-order valence-corrected chi connectivity index (χ0v) is 12.5. The fourth-order valence-electron chi connectivity index (χ4n) is 2.13. The third-order valence-electron chi connectivity index (χ3n) is 3.37. The Labute approximate surface area is 124 Å². The minimum atomic E-state index is -0.327. The Morgan fingerprint density at radius 3 is 2.57 bits per heavy atom. The van der Waals surface area contributed by atoms with Crippen LogP contribution in [0.5, 0.6) is 0 Å². The average Bonchev–Trinajstić information content (AvgIpc) is 2.46. The molecule has 21 heavy (non-hydrogen) atoms. The zero-order chi connectivity index (χ0) is 15.4. The first-order valence-corrected chi connectivity index (χ1v) is 6.94. The Hall–Kier alpha value is -2.36. The lowest BCUT2D eigenvalue weighted by Crippen LogP contribution is -2.13. The lowest BCUT2D eigenvalue weighted by atomic mass is 10.1. The van der Waals surface area contributed by atoms with Crippen molar-refractivity contribution in [1.82, 2.24) is 0 Å². The first-order chi connectivity index (χ1) is 10.0. The molecule has 0 atom stereocenters. The van der Waals surface area contributed by atoms with E-state index in [1.807, 2.05) is 26.0 Å². The quantitative estimate of drug-likeness (QED) is 0.887. The summed E-state index contributed by atoms with van der Waals surface area (Å²) < 4.78 is 13.5. The van der Waals surface area contributed by atoms with E-state index >= 15 is 0 Å². The van der Waals surface area contributed by atoms with Gasteiger partial charge in [-0.15, -0.1) is 0 Å². The maximum Gasteiger partial charge on any atom is 0.255 e. The molecule has 0 unspecified atom stereocenters. The molecule has 2 N–H and O–H groups in total. The monoisotopic (exact) mass is 286 g/mol. The van der Waals surface area contributed by atoms with Gasteiger partial charge in [-0.05, 0) is 56.7 Å². The average molecular weight is 286 g/mol. The van der Waals surface area contributed by atoms with E-state index in [0.29, 0.717) is 16.8 Å². The summed E-state index contributed by atoms with van der Waals surface area (Å²) in [5, 5.41) is 5.97. The highest BCUT2D eigenvalue weighted by atomic mass is 19.1. The largest absolute Gasteiger partial charge is 0.385 e. The number of carbonyl (C=O) groups is 1. The van der Waals surface area contributed by atoms with Gasteiger partial charge in [-0.1, -0.05) is 6.07 Å². The fraction of sp³-hybridized carbons (Fsp3) is 0.235. The predicted octanol–water partition coefficient (Wildman–Crippen LogP) is 4.13. The first-order valence-electron chi connectivity index (χ1n) is 6.94. The van der Waals surface area contributed by atoms with E-state index in [2.05, 4.69) is 10.6 Å². The molecular formula is C17H19FN2O. The van der Waals surface area contributed by atoms with E-state index in [0.717, 1.165) is 17.8 Å². The standard InChI is InChI=1S/C17H19FN2O/c1-4-19-15-9-8-13(10-11(15)2)17(21)20-16-7-5-6-14(18)12(16)3/h5-10,19H,4H2,1-3H3,(H,20,21). The van der Waals surface area contributed by atoms with Crippen LogP contribution in [0, 0.1) is 19.7 Å². The third kappa shape index (κ3) is 3.40. The summed E-state index contributed by atoms with van der Waals surface area (Å²) in [6, 6.07) is 10.1. The Morgan fingerprint density at radius 1 is 1.14 bits per heavy atom. The number of aryl methyl sites for hydroxylation is 1. The van der Waals surface area contributed by atoms with Crippen LogP contribution in [-0.2, 0) is 0 Å². The molecule has 0 saturated carbocycles. The van der Waals surface area contributed by atoms with Crippen molar-refractivity contribution in [3.63, 3.8) is 0 Å². The highest BCUT2D eigenvalue weighted by Gasteiger charge is 2.10. The number of anilines is 2.